The molecule has 20 heavy (non-hydrogen) atoms. The lowest BCUT2D eigenvalue weighted by atomic mass is 10.1. The van der Waals surface area contributed by atoms with Crippen LogP contribution in [0.1, 0.15) is 10.5 Å². The van der Waals surface area contributed by atoms with Crippen LogP contribution in [0.4, 0.5) is 5.82 Å². The molecule has 0 saturated carbocycles. The maximum Gasteiger partial charge on any atom is 0.271 e. The predicted molar refractivity (Wildman–Crippen MR) is 75.9 cm³/mol. The monoisotopic (exact) mass is 276 g/mol. The number of amides is 1. The molecule has 3 heterocycles. The van der Waals surface area contributed by atoms with Gasteiger partial charge < -0.3 is 15.5 Å². The van der Waals surface area contributed by atoms with Crippen molar-refractivity contribution in [3.8, 4) is 0 Å². The Balaban J connectivity index is 1.58. The Morgan fingerprint density at radius 3 is 2.50 bits per heavy atom. The van der Waals surface area contributed by atoms with Crippen molar-refractivity contribution in [3.05, 3.63) is 17.8 Å². The minimum absolute atomic E-state index is 0.202. The molecule has 7 nitrogen and oxygen atoms in total. The van der Waals surface area contributed by atoms with Crippen molar-refractivity contribution in [2.45, 2.75) is 6.04 Å². The number of anilines is 1. The molecule has 1 amide bonds. The van der Waals surface area contributed by atoms with Crippen molar-refractivity contribution in [1.29, 1.82) is 0 Å². The van der Waals surface area contributed by atoms with Gasteiger partial charge in [0.2, 0.25) is 0 Å². The van der Waals surface area contributed by atoms with E-state index in [1.165, 1.54) is 0 Å². The van der Waals surface area contributed by atoms with Crippen LogP contribution in [-0.2, 0) is 0 Å². The highest BCUT2D eigenvalue weighted by Gasteiger charge is 2.28. The molecule has 0 atom stereocenters. The number of nitrogens with one attached hydrogen (secondary N) is 2. The zero-order chi connectivity index (χ0) is 13.9. The molecule has 2 saturated heterocycles. The third kappa shape index (κ3) is 2.59. The summed E-state index contributed by atoms with van der Waals surface area (Å²) in [6, 6.07) is 4.31. The summed E-state index contributed by atoms with van der Waals surface area (Å²) in [5.74, 6) is 0.649. The van der Waals surface area contributed by atoms with Gasteiger partial charge in [-0.25, -0.2) is 0 Å². The van der Waals surface area contributed by atoms with Crippen molar-refractivity contribution >= 4 is 11.7 Å². The lowest BCUT2D eigenvalue weighted by Gasteiger charge is -2.43. The SMILES string of the molecule is CNC(=O)c1ccc(N2CCN(C3CNC3)CC2)nn1. The van der Waals surface area contributed by atoms with Gasteiger partial charge in [-0.15, -0.1) is 10.2 Å². The smallest absolute Gasteiger partial charge is 0.271 e. The summed E-state index contributed by atoms with van der Waals surface area (Å²) < 4.78 is 0. The van der Waals surface area contributed by atoms with Gasteiger partial charge in [0.15, 0.2) is 11.5 Å². The van der Waals surface area contributed by atoms with Gasteiger partial charge in [-0.1, -0.05) is 0 Å². The molecule has 2 N–H and O–H groups in total. The third-order valence-corrected chi connectivity index (χ3v) is 4.02. The van der Waals surface area contributed by atoms with Crippen LogP contribution < -0.4 is 15.5 Å². The first-order valence-corrected chi connectivity index (χ1v) is 7.03. The van der Waals surface area contributed by atoms with Gasteiger partial charge in [0, 0.05) is 52.4 Å². The first-order valence-electron chi connectivity index (χ1n) is 7.03. The van der Waals surface area contributed by atoms with Gasteiger partial charge in [-0.2, -0.15) is 0 Å². The summed E-state index contributed by atoms with van der Waals surface area (Å²) in [5, 5.41) is 14.0. The van der Waals surface area contributed by atoms with Crippen molar-refractivity contribution in [2.75, 3.05) is 51.2 Å². The quantitative estimate of drug-likeness (QED) is 0.732. The third-order valence-electron chi connectivity index (χ3n) is 4.02. The number of hydrogen-bond acceptors (Lipinski definition) is 6. The van der Waals surface area contributed by atoms with Crippen molar-refractivity contribution in [1.82, 2.24) is 25.7 Å². The molecule has 0 bridgehead atoms. The number of carbonyl (C=O) groups is 1. The second-order valence-corrected chi connectivity index (χ2v) is 5.19. The van der Waals surface area contributed by atoms with E-state index < -0.39 is 0 Å². The molecule has 2 fully saturated rings. The van der Waals surface area contributed by atoms with E-state index in [2.05, 4.69) is 30.6 Å². The predicted octanol–water partition coefficient (Wildman–Crippen LogP) is -1.07. The average molecular weight is 276 g/mol. The van der Waals surface area contributed by atoms with Gasteiger partial charge >= 0.3 is 0 Å². The van der Waals surface area contributed by atoms with Crippen molar-refractivity contribution in [3.63, 3.8) is 0 Å². The molecule has 0 radical (unpaired) electrons. The van der Waals surface area contributed by atoms with E-state index in [0.29, 0.717) is 11.7 Å². The first-order chi connectivity index (χ1) is 9.78. The van der Waals surface area contributed by atoms with Gasteiger partial charge in [0.1, 0.15) is 0 Å². The standard InChI is InChI=1S/C13H20N6O/c1-14-13(20)11-2-3-12(17-16-11)19-6-4-18(5-7-19)10-8-15-9-10/h2-3,10,15H,4-9H2,1H3,(H,14,20). The molecular formula is C13H20N6O. The minimum atomic E-state index is -0.202. The van der Waals surface area contributed by atoms with Crippen LogP contribution in [0.3, 0.4) is 0 Å². The highest BCUT2D eigenvalue weighted by atomic mass is 16.1. The summed E-state index contributed by atoms with van der Waals surface area (Å²) in [5.41, 5.74) is 0.357. The fraction of sp³-hybridized carbons (Fsp3) is 0.615. The Hall–Kier alpha value is -1.73. The summed E-state index contributed by atoms with van der Waals surface area (Å²) in [7, 11) is 1.59. The molecule has 0 aliphatic carbocycles. The second kappa shape index (κ2) is 5.72. The van der Waals surface area contributed by atoms with Gasteiger partial charge in [0.05, 0.1) is 0 Å². The number of piperazine rings is 1. The Morgan fingerprint density at radius 2 is 2.00 bits per heavy atom. The van der Waals surface area contributed by atoms with E-state index in [1.807, 2.05) is 6.07 Å². The zero-order valence-corrected chi connectivity index (χ0v) is 11.7. The fourth-order valence-electron chi connectivity index (χ4n) is 2.59. The second-order valence-electron chi connectivity index (χ2n) is 5.19. The molecule has 1 aromatic heterocycles. The number of nitrogens with zero attached hydrogens (tertiary/aromatic N) is 4. The summed E-state index contributed by atoms with van der Waals surface area (Å²) >= 11 is 0. The molecule has 1 aromatic rings. The van der Waals surface area contributed by atoms with Gasteiger partial charge in [0.25, 0.3) is 5.91 Å². The number of hydrogen-bond donors (Lipinski definition) is 2. The van der Waals surface area contributed by atoms with E-state index in [4.69, 9.17) is 0 Å². The molecular weight excluding hydrogens is 256 g/mol. The average Bonchev–Trinajstić information content (AvgIpc) is 2.46. The summed E-state index contributed by atoms with van der Waals surface area (Å²) in [6.07, 6.45) is 0. The van der Waals surface area contributed by atoms with E-state index in [9.17, 15) is 4.79 Å². The normalized spacial score (nSPS) is 20.6. The van der Waals surface area contributed by atoms with E-state index in [1.54, 1.807) is 13.1 Å². The van der Waals surface area contributed by atoms with E-state index in [-0.39, 0.29) is 5.91 Å². The summed E-state index contributed by atoms with van der Waals surface area (Å²) in [4.78, 5) is 16.2. The highest BCUT2D eigenvalue weighted by molar-refractivity contribution is 5.91. The largest absolute Gasteiger partial charge is 0.354 e. The van der Waals surface area contributed by atoms with Crippen LogP contribution >= 0.6 is 0 Å². The zero-order valence-electron chi connectivity index (χ0n) is 11.7. The Labute approximate surface area is 118 Å². The van der Waals surface area contributed by atoms with Crippen molar-refractivity contribution in [2.24, 2.45) is 0 Å². The molecule has 3 rings (SSSR count). The van der Waals surface area contributed by atoms with Crippen LogP contribution in [0.5, 0.6) is 0 Å². The van der Waals surface area contributed by atoms with E-state index >= 15 is 0 Å². The number of aromatic nitrogens is 2. The maximum absolute atomic E-state index is 11.4. The van der Waals surface area contributed by atoms with Crippen LogP contribution in [0, 0.1) is 0 Å². The molecule has 2 aliphatic rings. The van der Waals surface area contributed by atoms with Crippen LogP contribution in [0.25, 0.3) is 0 Å². The number of rotatable bonds is 3. The minimum Gasteiger partial charge on any atom is -0.354 e. The Kier molecular flexibility index (Phi) is 3.79. The van der Waals surface area contributed by atoms with Gasteiger partial charge in [-0.3, -0.25) is 9.69 Å². The molecule has 0 spiro atoms. The Morgan fingerprint density at radius 1 is 1.25 bits per heavy atom. The van der Waals surface area contributed by atoms with Gasteiger partial charge in [-0.05, 0) is 12.1 Å². The topological polar surface area (TPSA) is 73.4 Å². The molecule has 0 unspecified atom stereocenters. The molecule has 7 heteroatoms. The molecule has 0 aromatic carbocycles. The number of carbonyl (C=O) groups excluding carboxylic acids is 1. The first kappa shape index (κ1) is 13.3. The van der Waals surface area contributed by atoms with Crippen LogP contribution in [-0.4, -0.2) is 73.4 Å². The highest BCUT2D eigenvalue weighted by Crippen LogP contribution is 2.15. The molecule has 2 aliphatic heterocycles. The maximum atomic E-state index is 11.4. The Bertz CT molecular complexity index is 464. The van der Waals surface area contributed by atoms with Crippen LogP contribution in [0.2, 0.25) is 0 Å². The summed E-state index contributed by atoms with van der Waals surface area (Å²) in [6.45, 7) is 6.27. The van der Waals surface area contributed by atoms with E-state index in [0.717, 1.165) is 45.1 Å². The molecule has 108 valence electrons. The fourth-order valence-corrected chi connectivity index (χ4v) is 2.59. The lowest BCUT2D eigenvalue weighted by molar-refractivity contribution is 0.0957. The van der Waals surface area contributed by atoms with Crippen LogP contribution in [0.15, 0.2) is 12.1 Å². The lowest BCUT2D eigenvalue weighted by Crippen LogP contribution is -2.61. The van der Waals surface area contributed by atoms with Crippen molar-refractivity contribution < 1.29 is 4.79 Å².